The van der Waals surface area contributed by atoms with Crippen molar-refractivity contribution in [3.63, 3.8) is 0 Å². The van der Waals surface area contributed by atoms with Crippen LogP contribution in [-0.2, 0) is 9.47 Å². The Bertz CT molecular complexity index is 637. The van der Waals surface area contributed by atoms with Gasteiger partial charge < -0.3 is 14.4 Å². The number of hydrogen-bond donors (Lipinski definition) is 0. The Morgan fingerprint density at radius 2 is 1.85 bits per heavy atom. The van der Waals surface area contributed by atoms with Crippen LogP contribution < -0.4 is 4.90 Å². The molecule has 104 valence electrons. The monoisotopic (exact) mass is 335 g/mol. The molecule has 2 aliphatic heterocycles. The first-order valence-electron chi connectivity index (χ1n) is 6.70. The highest BCUT2D eigenvalue weighted by molar-refractivity contribution is 9.10. The summed E-state index contributed by atoms with van der Waals surface area (Å²) in [7, 11) is 0. The summed E-state index contributed by atoms with van der Waals surface area (Å²) in [6, 6.07) is 5.94. The fraction of sp³-hybridized carbons (Fsp3) is 0.429. The maximum absolute atomic E-state index is 5.74. The van der Waals surface area contributed by atoms with Crippen LogP contribution in [0.2, 0.25) is 0 Å². The van der Waals surface area contributed by atoms with E-state index in [1.165, 1.54) is 0 Å². The van der Waals surface area contributed by atoms with Crippen LogP contribution in [0.15, 0.2) is 28.9 Å². The normalized spacial score (nSPS) is 25.9. The number of halogens is 1. The molecular formula is C14H14BrN3O2. The lowest BCUT2D eigenvalue weighted by molar-refractivity contribution is -0.116. The van der Waals surface area contributed by atoms with Gasteiger partial charge in [0.15, 0.2) is 0 Å². The molecule has 0 bridgehead atoms. The van der Waals surface area contributed by atoms with Crippen molar-refractivity contribution in [1.29, 1.82) is 0 Å². The summed E-state index contributed by atoms with van der Waals surface area (Å²) >= 11 is 3.45. The molecule has 0 saturated carbocycles. The number of anilines is 1. The molecule has 0 amide bonds. The van der Waals surface area contributed by atoms with Gasteiger partial charge in [0, 0.05) is 17.6 Å². The maximum atomic E-state index is 5.74. The van der Waals surface area contributed by atoms with Gasteiger partial charge in [-0.05, 0) is 18.2 Å². The summed E-state index contributed by atoms with van der Waals surface area (Å²) < 4.78 is 12.5. The van der Waals surface area contributed by atoms with Gasteiger partial charge in [0.05, 0.1) is 30.4 Å². The Labute approximate surface area is 125 Å². The Balaban J connectivity index is 1.64. The van der Waals surface area contributed by atoms with E-state index in [2.05, 4.69) is 30.8 Å². The zero-order chi connectivity index (χ0) is 13.5. The fourth-order valence-corrected chi connectivity index (χ4v) is 3.13. The number of ether oxygens (including phenoxy) is 2. The number of fused-ring (bicyclic) bond motifs is 2. The molecule has 2 aliphatic rings. The van der Waals surface area contributed by atoms with Crippen LogP contribution in [0, 0.1) is 0 Å². The van der Waals surface area contributed by atoms with Crippen molar-refractivity contribution in [1.82, 2.24) is 9.97 Å². The average Bonchev–Trinajstić information content (AvgIpc) is 2.90. The highest BCUT2D eigenvalue weighted by atomic mass is 79.9. The minimum Gasteiger partial charge on any atom is -0.371 e. The highest BCUT2D eigenvalue weighted by Gasteiger charge is 2.37. The van der Waals surface area contributed by atoms with E-state index in [4.69, 9.17) is 9.47 Å². The van der Waals surface area contributed by atoms with Crippen LogP contribution >= 0.6 is 15.9 Å². The van der Waals surface area contributed by atoms with Crippen LogP contribution in [0.25, 0.3) is 11.0 Å². The molecule has 2 saturated heterocycles. The summed E-state index contributed by atoms with van der Waals surface area (Å²) in [5.74, 6) is 0.890. The molecule has 0 spiro atoms. The van der Waals surface area contributed by atoms with Gasteiger partial charge in [-0.1, -0.05) is 15.9 Å². The van der Waals surface area contributed by atoms with E-state index in [1.807, 2.05) is 24.4 Å². The van der Waals surface area contributed by atoms with Crippen LogP contribution in [0.1, 0.15) is 0 Å². The van der Waals surface area contributed by atoms with E-state index in [0.29, 0.717) is 13.2 Å². The minimum absolute atomic E-state index is 0.158. The van der Waals surface area contributed by atoms with Crippen LogP contribution in [-0.4, -0.2) is 48.5 Å². The van der Waals surface area contributed by atoms with Crippen LogP contribution in [0.5, 0.6) is 0 Å². The van der Waals surface area contributed by atoms with E-state index in [9.17, 15) is 0 Å². The van der Waals surface area contributed by atoms with Crippen molar-refractivity contribution in [2.24, 2.45) is 0 Å². The summed E-state index contributed by atoms with van der Waals surface area (Å²) in [5, 5.41) is 0. The molecule has 2 aromatic rings. The van der Waals surface area contributed by atoms with Gasteiger partial charge in [0.2, 0.25) is 0 Å². The van der Waals surface area contributed by atoms with E-state index < -0.39 is 0 Å². The van der Waals surface area contributed by atoms with Crippen LogP contribution in [0.4, 0.5) is 5.82 Å². The quantitative estimate of drug-likeness (QED) is 0.797. The summed E-state index contributed by atoms with van der Waals surface area (Å²) in [6.45, 7) is 3.02. The van der Waals surface area contributed by atoms with E-state index >= 15 is 0 Å². The molecular weight excluding hydrogens is 322 g/mol. The second-order valence-corrected chi connectivity index (χ2v) is 6.00. The molecule has 2 fully saturated rings. The van der Waals surface area contributed by atoms with Crippen molar-refractivity contribution in [2.75, 3.05) is 31.2 Å². The van der Waals surface area contributed by atoms with Crippen molar-refractivity contribution in [3.8, 4) is 0 Å². The molecule has 0 aliphatic carbocycles. The molecule has 1 aromatic carbocycles. The SMILES string of the molecule is Brc1ccc2nc(N3CC4OCCO[C@@H]4C3)cnc2c1. The fourth-order valence-electron chi connectivity index (χ4n) is 2.78. The topological polar surface area (TPSA) is 47.5 Å². The molecule has 20 heavy (non-hydrogen) atoms. The molecule has 3 heterocycles. The van der Waals surface area contributed by atoms with Crippen molar-refractivity contribution in [3.05, 3.63) is 28.9 Å². The number of nitrogens with zero attached hydrogens (tertiary/aromatic N) is 3. The highest BCUT2D eigenvalue weighted by Crippen LogP contribution is 2.26. The number of aromatic nitrogens is 2. The predicted octanol–water partition coefficient (Wildman–Crippen LogP) is 2.00. The third-order valence-corrected chi connectivity index (χ3v) is 4.27. The molecule has 4 rings (SSSR count). The lowest BCUT2D eigenvalue weighted by Crippen LogP contribution is -2.36. The second kappa shape index (κ2) is 4.95. The predicted molar refractivity (Wildman–Crippen MR) is 78.9 cm³/mol. The van der Waals surface area contributed by atoms with Crippen molar-refractivity contribution >= 4 is 32.8 Å². The standard InChI is InChI=1S/C14H14BrN3O2/c15-9-1-2-10-11(5-9)16-6-14(17-10)18-7-12-13(8-18)20-4-3-19-12/h1-2,5-6,12-13H,3-4,7-8H2/t12-,13?/m1/s1. The lowest BCUT2D eigenvalue weighted by Gasteiger charge is -2.24. The minimum atomic E-state index is 0.158. The van der Waals surface area contributed by atoms with Gasteiger partial charge in [-0.25, -0.2) is 4.98 Å². The molecule has 0 N–H and O–H groups in total. The Morgan fingerprint density at radius 1 is 1.10 bits per heavy atom. The third-order valence-electron chi connectivity index (χ3n) is 3.78. The van der Waals surface area contributed by atoms with Gasteiger partial charge in [-0.3, -0.25) is 4.98 Å². The van der Waals surface area contributed by atoms with Gasteiger partial charge in [0.1, 0.15) is 18.0 Å². The zero-order valence-electron chi connectivity index (χ0n) is 10.8. The van der Waals surface area contributed by atoms with E-state index in [0.717, 1.165) is 34.4 Å². The largest absolute Gasteiger partial charge is 0.371 e. The van der Waals surface area contributed by atoms with E-state index in [-0.39, 0.29) is 12.2 Å². The molecule has 2 atom stereocenters. The molecule has 0 radical (unpaired) electrons. The Morgan fingerprint density at radius 3 is 2.60 bits per heavy atom. The lowest BCUT2D eigenvalue weighted by atomic mass is 10.2. The smallest absolute Gasteiger partial charge is 0.148 e. The number of benzene rings is 1. The Kier molecular flexibility index (Phi) is 3.09. The molecule has 5 nitrogen and oxygen atoms in total. The molecule has 1 unspecified atom stereocenters. The number of rotatable bonds is 1. The first kappa shape index (κ1) is 12.5. The van der Waals surface area contributed by atoms with E-state index in [1.54, 1.807) is 0 Å². The second-order valence-electron chi connectivity index (χ2n) is 5.08. The summed E-state index contributed by atoms with van der Waals surface area (Å²) in [4.78, 5) is 11.4. The first-order chi connectivity index (χ1) is 9.79. The maximum Gasteiger partial charge on any atom is 0.148 e. The summed E-state index contributed by atoms with van der Waals surface area (Å²) in [5.41, 5.74) is 1.80. The summed E-state index contributed by atoms with van der Waals surface area (Å²) in [6.07, 6.45) is 2.14. The zero-order valence-corrected chi connectivity index (χ0v) is 12.4. The number of hydrogen-bond acceptors (Lipinski definition) is 5. The van der Waals surface area contributed by atoms with Gasteiger partial charge >= 0.3 is 0 Å². The van der Waals surface area contributed by atoms with Gasteiger partial charge in [-0.2, -0.15) is 0 Å². The first-order valence-corrected chi connectivity index (χ1v) is 7.49. The van der Waals surface area contributed by atoms with Gasteiger partial charge in [0.25, 0.3) is 0 Å². The van der Waals surface area contributed by atoms with Crippen molar-refractivity contribution < 1.29 is 9.47 Å². The van der Waals surface area contributed by atoms with Crippen LogP contribution in [0.3, 0.4) is 0 Å². The van der Waals surface area contributed by atoms with Gasteiger partial charge in [-0.15, -0.1) is 0 Å². The Hall–Kier alpha value is -1.24. The molecule has 1 aromatic heterocycles. The van der Waals surface area contributed by atoms with Crippen molar-refractivity contribution in [2.45, 2.75) is 12.2 Å². The third kappa shape index (κ3) is 2.17. The average molecular weight is 336 g/mol. The molecule has 6 heteroatoms.